The van der Waals surface area contributed by atoms with E-state index in [9.17, 15) is 0 Å². The van der Waals surface area contributed by atoms with Crippen LogP contribution < -0.4 is 4.90 Å². The fourth-order valence-corrected chi connectivity index (χ4v) is 10.2. The number of thiophene rings is 2. The van der Waals surface area contributed by atoms with Gasteiger partial charge >= 0.3 is 0 Å². The van der Waals surface area contributed by atoms with Gasteiger partial charge in [-0.25, -0.2) is 0 Å². The average molecular weight is 673 g/mol. The van der Waals surface area contributed by atoms with Crippen molar-refractivity contribution in [1.82, 2.24) is 4.57 Å². The summed E-state index contributed by atoms with van der Waals surface area (Å²) in [5.41, 5.74) is 7.01. The Morgan fingerprint density at radius 1 is 0.360 bits per heavy atom. The van der Waals surface area contributed by atoms with Gasteiger partial charge in [-0.05, 0) is 89.6 Å². The second-order valence-corrected chi connectivity index (χ2v) is 15.1. The molecule has 0 aliphatic heterocycles. The van der Waals surface area contributed by atoms with E-state index in [1.165, 1.54) is 78.6 Å². The van der Waals surface area contributed by atoms with Crippen LogP contribution in [0.3, 0.4) is 0 Å². The summed E-state index contributed by atoms with van der Waals surface area (Å²) < 4.78 is 7.67. The van der Waals surface area contributed by atoms with Crippen molar-refractivity contribution >= 4 is 113 Å². The van der Waals surface area contributed by atoms with Crippen molar-refractivity contribution in [3.05, 3.63) is 170 Å². The Morgan fingerprint density at radius 2 is 0.940 bits per heavy atom. The third-order valence-corrected chi connectivity index (χ3v) is 12.5. The first-order valence-corrected chi connectivity index (χ1v) is 18.6. The quantitative estimate of drug-likeness (QED) is 0.181. The average Bonchev–Trinajstić information content (AvgIpc) is 3.85. The molecule has 0 saturated heterocycles. The van der Waals surface area contributed by atoms with E-state index in [0.29, 0.717) is 0 Å². The SMILES string of the molecule is c1ccc(-n2c3ccccc3c3cc(N(c4ccc5sc6ccccc6c5c4)c4ccc5sc6c7ccccc7ccc6c5c4)ccc32)cc1. The van der Waals surface area contributed by atoms with E-state index in [2.05, 4.69) is 179 Å². The third kappa shape index (κ3) is 4.13. The van der Waals surface area contributed by atoms with Gasteiger partial charge in [0.25, 0.3) is 0 Å². The van der Waals surface area contributed by atoms with Gasteiger partial charge in [-0.15, -0.1) is 22.7 Å². The molecule has 0 saturated carbocycles. The molecule has 0 aliphatic carbocycles. The number of hydrogen-bond donors (Lipinski definition) is 0. The molecule has 0 spiro atoms. The lowest BCUT2D eigenvalue weighted by molar-refractivity contribution is 1.18. The van der Waals surface area contributed by atoms with Crippen molar-refractivity contribution in [2.45, 2.75) is 0 Å². The van der Waals surface area contributed by atoms with E-state index >= 15 is 0 Å². The fraction of sp³-hybridized carbons (Fsp3) is 0. The largest absolute Gasteiger partial charge is 0.310 e. The molecule has 0 amide bonds. The minimum absolute atomic E-state index is 1.14. The van der Waals surface area contributed by atoms with Crippen molar-refractivity contribution in [3.8, 4) is 5.69 Å². The second kappa shape index (κ2) is 10.8. The topological polar surface area (TPSA) is 8.17 Å². The van der Waals surface area contributed by atoms with E-state index in [4.69, 9.17) is 0 Å². The van der Waals surface area contributed by atoms with Gasteiger partial charge in [0.2, 0.25) is 0 Å². The van der Waals surface area contributed by atoms with E-state index in [0.717, 1.165) is 17.1 Å². The number of aromatic nitrogens is 1. The van der Waals surface area contributed by atoms with Gasteiger partial charge in [0.05, 0.1) is 11.0 Å². The van der Waals surface area contributed by atoms with Crippen LogP contribution in [0.4, 0.5) is 17.1 Å². The molecule has 8 aromatic carbocycles. The van der Waals surface area contributed by atoms with Crippen LogP contribution >= 0.6 is 22.7 Å². The molecule has 3 heterocycles. The summed E-state index contributed by atoms with van der Waals surface area (Å²) >= 11 is 3.75. The van der Waals surface area contributed by atoms with Crippen LogP contribution in [-0.4, -0.2) is 4.57 Å². The van der Waals surface area contributed by atoms with Crippen molar-refractivity contribution in [2.24, 2.45) is 0 Å². The molecule has 3 aromatic heterocycles. The van der Waals surface area contributed by atoms with Crippen LogP contribution in [0.25, 0.3) is 78.6 Å². The summed E-state index contributed by atoms with van der Waals surface area (Å²) in [5.74, 6) is 0. The number of rotatable bonds is 4. The molecule has 0 unspecified atom stereocenters. The van der Waals surface area contributed by atoms with Gasteiger partial charge in [0, 0.05) is 73.9 Å². The smallest absolute Gasteiger partial charge is 0.0542 e. The number of benzene rings is 8. The lowest BCUT2D eigenvalue weighted by atomic mass is 10.0. The molecule has 50 heavy (non-hydrogen) atoms. The predicted molar refractivity (Wildman–Crippen MR) is 219 cm³/mol. The molecule has 11 rings (SSSR count). The first kappa shape index (κ1) is 28.0. The lowest BCUT2D eigenvalue weighted by Crippen LogP contribution is -2.09. The van der Waals surface area contributed by atoms with Crippen LogP contribution in [-0.2, 0) is 0 Å². The van der Waals surface area contributed by atoms with Crippen molar-refractivity contribution in [2.75, 3.05) is 4.90 Å². The molecule has 4 heteroatoms. The van der Waals surface area contributed by atoms with Crippen molar-refractivity contribution < 1.29 is 0 Å². The molecule has 0 N–H and O–H groups in total. The maximum Gasteiger partial charge on any atom is 0.0542 e. The van der Waals surface area contributed by atoms with Crippen LogP contribution in [0.2, 0.25) is 0 Å². The maximum absolute atomic E-state index is 2.45. The fourth-order valence-electron chi connectivity index (χ4n) is 7.89. The molecular formula is C46H28N2S2. The second-order valence-electron chi connectivity index (χ2n) is 12.9. The van der Waals surface area contributed by atoms with Gasteiger partial charge < -0.3 is 9.47 Å². The predicted octanol–water partition coefficient (Wildman–Crippen LogP) is 14.1. The first-order chi connectivity index (χ1) is 24.8. The molecule has 0 fully saturated rings. The molecule has 0 radical (unpaired) electrons. The Hall–Kier alpha value is -5.94. The summed E-state index contributed by atoms with van der Waals surface area (Å²) in [7, 11) is 0. The third-order valence-electron chi connectivity index (χ3n) is 10.2. The molecule has 234 valence electrons. The molecular weight excluding hydrogens is 645 g/mol. The van der Waals surface area contributed by atoms with Gasteiger partial charge in [-0.2, -0.15) is 0 Å². The Kier molecular flexibility index (Phi) is 6.03. The summed E-state index contributed by atoms with van der Waals surface area (Å²) in [4.78, 5) is 2.45. The van der Waals surface area contributed by atoms with E-state index in [1.807, 2.05) is 22.7 Å². The summed E-state index contributed by atoms with van der Waals surface area (Å²) in [6.07, 6.45) is 0. The maximum atomic E-state index is 2.45. The highest BCUT2D eigenvalue weighted by Gasteiger charge is 2.20. The van der Waals surface area contributed by atoms with E-state index in [1.54, 1.807) is 0 Å². The minimum Gasteiger partial charge on any atom is -0.310 e. The van der Waals surface area contributed by atoms with Crippen LogP contribution in [0, 0.1) is 0 Å². The van der Waals surface area contributed by atoms with E-state index < -0.39 is 0 Å². The zero-order valence-corrected chi connectivity index (χ0v) is 28.5. The van der Waals surface area contributed by atoms with Crippen LogP contribution in [0.15, 0.2) is 170 Å². The number of nitrogens with zero attached hydrogens (tertiary/aromatic N) is 2. The Morgan fingerprint density at radius 3 is 1.76 bits per heavy atom. The summed E-state index contributed by atoms with van der Waals surface area (Å²) in [6, 6.07) is 62.5. The zero-order valence-electron chi connectivity index (χ0n) is 26.9. The highest BCUT2D eigenvalue weighted by molar-refractivity contribution is 7.26. The van der Waals surface area contributed by atoms with Gasteiger partial charge in [-0.3, -0.25) is 0 Å². The summed E-state index contributed by atoms with van der Waals surface area (Å²) in [6.45, 7) is 0. The molecule has 11 aromatic rings. The molecule has 2 nitrogen and oxygen atoms in total. The first-order valence-electron chi connectivity index (χ1n) is 16.9. The molecule has 0 bridgehead atoms. The standard InChI is InChI=1S/C46H28N2S2/c1-2-11-30(12-3-1)48-41-16-8-6-14-35(41)38-26-31(19-23-42(38)48)47(32-20-24-44-39(27-32)36-15-7-9-17-43(36)49-44)33-21-25-45-40(28-33)37-22-18-29-10-4-5-13-34(29)46(37)50-45/h1-28H. The highest BCUT2D eigenvalue weighted by atomic mass is 32.1. The molecule has 0 aliphatic rings. The zero-order chi connectivity index (χ0) is 32.8. The van der Waals surface area contributed by atoms with Gasteiger partial charge in [-0.1, -0.05) is 91.0 Å². The Balaban J connectivity index is 1.18. The molecule has 0 atom stereocenters. The number of anilines is 3. The minimum atomic E-state index is 1.14. The number of hydrogen-bond acceptors (Lipinski definition) is 3. The van der Waals surface area contributed by atoms with Gasteiger partial charge in [0.15, 0.2) is 0 Å². The monoisotopic (exact) mass is 672 g/mol. The van der Waals surface area contributed by atoms with Gasteiger partial charge in [0.1, 0.15) is 0 Å². The van der Waals surface area contributed by atoms with Crippen LogP contribution in [0.1, 0.15) is 0 Å². The normalized spacial score (nSPS) is 12.0. The van der Waals surface area contributed by atoms with Crippen LogP contribution in [0.5, 0.6) is 0 Å². The Labute approximate surface area is 296 Å². The Bertz CT molecular complexity index is 3110. The number of fused-ring (bicyclic) bond motifs is 11. The lowest BCUT2D eigenvalue weighted by Gasteiger charge is -2.26. The van der Waals surface area contributed by atoms with Crippen molar-refractivity contribution in [1.29, 1.82) is 0 Å². The highest BCUT2D eigenvalue weighted by Crippen LogP contribution is 2.45. The van der Waals surface area contributed by atoms with Crippen molar-refractivity contribution in [3.63, 3.8) is 0 Å². The summed E-state index contributed by atoms with van der Waals surface area (Å²) in [5, 5.41) is 10.3. The van der Waals surface area contributed by atoms with E-state index in [-0.39, 0.29) is 0 Å². The number of para-hydroxylation sites is 2.